The van der Waals surface area contributed by atoms with E-state index in [2.05, 4.69) is 29.8 Å². The van der Waals surface area contributed by atoms with Gasteiger partial charge >= 0.3 is 0 Å². The number of nitrogens with zero attached hydrogens (tertiary/aromatic N) is 1. The van der Waals surface area contributed by atoms with Gasteiger partial charge in [0.05, 0.1) is 18.3 Å². The van der Waals surface area contributed by atoms with Crippen molar-refractivity contribution in [3.8, 4) is 0 Å². The van der Waals surface area contributed by atoms with Crippen LogP contribution in [-0.4, -0.2) is 52.3 Å². The standard InChI is InChI=1S/C26H35FO2.C22H37NO3.C6H4BrF.2CH4/c1-25(29)12-10-19-17(15-25)6-7-21-20(19)11-13-26(2)22(21)8-9-23(26)24(28)16-4-3-5-18(27)14-16;1-21(25)11-9-15-14(13-21)5-6-17-16(15)10-12-22(2)18(17)7-8-19(22)20(24)23(3)26-4;7-5-2-1-3-6(8)4-5;;/h3-5,14,17,19-23,29H,6-13,15H2,1-2H3;14-19,25H,5-13H2,1-4H3;1-4H;2*1H4/t17-,19+,20-,21-,22+,23-,25-,26+;14-,15+,16-,17-,18+,19-,21-,22+;;;/m11.../s1. The SMILES string of the molecule is C.C.CON(C)C(=O)[C@H]1CC[C@H]2[C@@H]3CC[C@@H]4C[C@](C)(O)CC[C@@H]4[C@H]3CC[C@]12C.C[C@@]1(O)CC[C@H]2[C@H](CC[C@@H]3[C@@H]2CC[C@]2(C)[C@@H](C(=O)c4cccc(F)c4)CC[C@@H]32)C1.Fc1cccc(Br)c1. The summed E-state index contributed by atoms with van der Waals surface area (Å²) in [6.45, 7) is 8.81. The van der Waals surface area contributed by atoms with Crippen molar-refractivity contribution in [3.63, 3.8) is 0 Å². The summed E-state index contributed by atoms with van der Waals surface area (Å²) in [5.74, 6) is 7.47. The lowest BCUT2D eigenvalue weighted by atomic mass is 9.49. The molecule has 2 aromatic rings. The maximum Gasteiger partial charge on any atom is 0.249 e. The van der Waals surface area contributed by atoms with Crippen LogP contribution >= 0.6 is 15.9 Å². The number of benzene rings is 2. The van der Waals surface area contributed by atoms with Crippen molar-refractivity contribution in [3.05, 3.63) is 70.2 Å². The van der Waals surface area contributed by atoms with Crippen molar-refractivity contribution < 1.29 is 33.4 Å². The highest BCUT2D eigenvalue weighted by Gasteiger charge is 2.61. The molecule has 0 aliphatic heterocycles. The first kappa shape index (κ1) is 52.2. The zero-order chi connectivity index (χ0) is 45.1. The molecule has 8 saturated carbocycles. The first-order valence-corrected chi connectivity index (χ1v) is 25.6. The van der Waals surface area contributed by atoms with Gasteiger partial charge in [-0.15, -0.1) is 0 Å². The number of amides is 1. The molecular formula is C56H84BrF2NO5. The summed E-state index contributed by atoms with van der Waals surface area (Å²) in [6, 6.07) is 12.5. The minimum absolute atomic E-state index is 0. The summed E-state index contributed by atoms with van der Waals surface area (Å²) < 4.78 is 26.6. The molecule has 2 N–H and O–H groups in total. The van der Waals surface area contributed by atoms with Crippen molar-refractivity contribution in [2.24, 2.45) is 81.8 Å². The van der Waals surface area contributed by atoms with Crippen LogP contribution in [-0.2, 0) is 9.63 Å². The molecule has 8 fully saturated rings. The average molecular weight is 969 g/mol. The van der Waals surface area contributed by atoms with Gasteiger partial charge < -0.3 is 10.2 Å². The molecule has 9 heteroatoms. The Labute approximate surface area is 399 Å². The summed E-state index contributed by atoms with van der Waals surface area (Å²) in [6.07, 6.45) is 20.6. The lowest BCUT2D eigenvalue weighted by molar-refractivity contribution is -0.180. The first-order valence-electron chi connectivity index (χ1n) is 24.8. The van der Waals surface area contributed by atoms with Crippen LogP contribution in [0.4, 0.5) is 8.78 Å². The molecule has 0 radical (unpaired) electrons. The van der Waals surface area contributed by atoms with Crippen LogP contribution in [0.25, 0.3) is 0 Å². The Morgan fingerprint density at radius 2 is 1.08 bits per heavy atom. The van der Waals surface area contributed by atoms with Crippen molar-refractivity contribution in [2.75, 3.05) is 14.2 Å². The number of carbonyl (C=O) groups excluding carboxylic acids is 2. The molecule has 8 aliphatic rings. The minimum atomic E-state index is -0.465. The van der Waals surface area contributed by atoms with Crippen LogP contribution in [0, 0.1) is 93.5 Å². The molecule has 0 heterocycles. The van der Waals surface area contributed by atoms with E-state index in [1.165, 1.54) is 93.5 Å². The Hall–Kier alpha value is -2.20. The molecular weight excluding hydrogens is 885 g/mol. The van der Waals surface area contributed by atoms with E-state index in [0.29, 0.717) is 23.3 Å². The number of rotatable bonds is 4. The zero-order valence-corrected chi connectivity index (χ0v) is 40.6. The normalized spacial score (nSPS) is 42.1. The molecule has 0 bridgehead atoms. The maximum absolute atomic E-state index is 13.7. The predicted molar refractivity (Wildman–Crippen MR) is 261 cm³/mol. The molecule has 16 atom stereocenters. The predicted octanol–water partition coefficient (Wildman–Crippen LogP) is 13.9. The molecule has 0 spiro atoms. The number of hydrogen-bond donors (Lipinski definition) is 2. The van der Waals surface area contributed by atoms with Gasteiger partial charge in [0.1, 0.15) is 11.6 Å². The van der Waals surface area contributed by atoms with Gasteiger partial charge in [0.15, 0.2) is 5.78 Å². The summed E-state index contributed by atoms with van der Waals surface area (Å²) in [5, 5.41) is 22.5. The van der Waals surface area contributed by atoms with Crippen LogP contribution in [0.1, 0.15) is 168 Å². The van der Waals surface area contributed by atoms with E-state index in [9.17, 15) is 28.6 Å². The number of halogens is 3. The third kappa shape index (κ3) is 10.4. The minimum Gasteiger partial charge on any atom is -0.390 e. The van der Waals surface area contributed by atoms with Crippen LogP contribution in [0.2, 0.25) is 0 Å². The topological polar surface area (TPSA) is 87.1 Å². The fourth-order valence-electron chi connectivity index (χ4n) is 16.6. The van der Waals surface area contributed by atoms with Crippen molar-refractivity contribution in [1.82, 2.24) is 5.06 Å². The van der Waals surface area contributed by atoms with E-state index in [1.807, 2.05) is 13.8 Å². The smallest absolute Gasteiger partial charge is 0.249 e. The Morgan fingerprint density at radius 1 is 0.615 bits per heavy atom. The molecule has 65 heavy (non-hydrogen) atoms. The molecule has 6 nitrogen and oxygen atoms in total. The lowest BCUT2D eigenvalue weighted by Gasteiger charge is -2.56. The molecule has 1 amide bonds. The molecule has 0 unspecified atom stereocenters. The lowest BCUT2D eigenvalue weighted by Crippen LogP contribution is -2.51. The molecule has 8 aliphatic carbocycles. The maximum atomic E-state index is 13.7. The van der Waals surface area contributed by atoms with Crippen molar-refractivity contribution in [1.29, 1.82) is 0 Å². The Morgan fingerprint density at radius 3 is 1.54 bits per heavy atom. The second kappa shape index (κ2) is 20.4. The van der Waals surface area contributed by atoms with E-state index in [4.69, 9.17) is 4.84 Å². The van der Waals surface area contributed by atoms with Crippen molar-refractivity contribution >= 4 is 27.6 Å². The van der Waals surface area contributed by atoms with E-state index in [1.54, 1.807) is 38.4 Å². The number of ketones is 1. The third-order valence-electron chi connectivity index (χ3n) is 19.6. The second-order valence-electron chi connectivity index (χ2n) is 23.0. The van der Waals surface area contributed by atoms with Gasteiger partial charge in [-0.1, -0.05) is 62.8 Å². The third-order valence-corrected chi connectivity index (χ3v) is 20.1. The van der Waals surface area contributed by atoms with Crippen LogP contribution < -0.4 is 0 Å². The highest BCUT2D eigenvalue weighted by atomic mass is 79.9. The second-order valence-corrected chi connectivity index (χ2v) is 23.9. The summed E-state index contributed by atoms with van der Waals surface area (Å²) in [4.78, 5) is 31.4. The van der Waals surface area contributed by atoms with E-state index in [-0.39, 0.29) is 60.8 Å². The number of hydroxylamine groups is 2. The molecule has 2 aromatic carbocycles. The summed E-state index contributed by atoms with van der Waals surface area (Å²) in [7, 11) is 3.34. The van der Waals surface area contributed by atoms with Gasteiger partial charge in [-0.2, -0.15) is 0 Å². The largest absolute Gasteiger partial charge is 0.390 e. The van der Waals surface area contributed by atoms with E-state index in [0.717, 1.165) is 97.3 Å². The Balaban J connectivity index is 0.000000180. The molecule has 10 rings (SSSR count). The molecule has 0 aromatic heterocycles. The van der Waals surface area contributed by atoms with Gasteiger partial charge in [0, 0.05) is 28.9 Å². The Bertz CT molecular complexity index is 1940. The number of aliphatic hydroxyl groups is 2. The summed E-state index contributed by atoms with van der Waals surface area (Å²) >= 11 is 3.12. The quantitative estimate of drug-likeness (QED) is 0.235. The van der Waals surface area contributed by atoms with Crippen molar-refractivity contribution in [2.45, 2.75) is 169 Å². The van der Waals surface area contributed by atoms with Gasteiger partial charge in [-0.25, -0.2) is 13.8 Å². The summed E-state index contributed by atoms with van der Waals surface area (Å²) in [5.41, 5.74) is -0.132. The van der Waals surface area contributed by atoms with Gasteiger partial charge in [-0.05, 0) is 230 Å². The number of Topliss-reactive ketones (excluding diaryl/α,β-unsaturated/α-hetero) is 1. The van der Waals surface area contributed by atoms with Gasteiger partial charge in [0.2, 0.25) is 5.91 Å². The van der Waals surface area contributed by atoms with E-state index >= 15 is 0 Å². The number of fused-ring (bicyclic) bond motifs is 10. The van der Waals surface area contributed by atoms with Crippen LogP contribution in [0.15, 0.2) is 53.0 Å². The zero-order valence-electron chi connectivity index (χ0n) is 39.0. The highest BCUT2D eigenvalue weighted by molar-refractivity contribution is 9.10. The molecule has 0 saturated heterocycles. The highest BCUT2D eigenvalue weighted by Crippen LogP contribution is 2.66. The van der Waals surface area contributed by atoms with Crippen LogP contribution in [0.3, 0.4) is 0 Å². The van der Waals surface area contributed by atoms with Crippen LogP contribution in [0.5, 0.6) is 0 Å². The fraction of sp³-hybridized carbons (Fsp3) is 0.750. The average Bonchev–Trinajstić information content (AvgIpc) is 3.79. The van der Waals surface area contributed by atoms with E-state index < -0.39 is 11.2 Å². The Kier molecular flexibility index (Phi) is 16.4. The number of hydrogen-bond acceptors (Lipinski definition) is 5. The van der Waals surface area contributed by atoms with Gasteiger partial charge in [-0.3, -0.25) is 14.4 Å². The number of carbonyl (C=O) groups is 2. The monoisotopic (exact) mass is 968 g/mol. The molecule has 364 valence electrons. The fourth-order valence-corrected chi connectivity index (χ4v) is 17.0. The van der Waals surface area contributed by atoms with Gasteiger partial charge in [0.25, 0.3) is 0 Å². The first-order chi connectivity index (χ1) is 29.8.